The summed E-state index contributed by atoms with van der Waals surface area (Å²) in [5, 5.41) is 0.768. The number of halogens is 1. The van der Waals surface area contributed by atoms with Crippen LogP contribution in [-0.2, 0) is 0 Å². The Morgan fingerprint density at radius 2 is 2.25 bits per heavy atom. The first-order valence-electron chi connectivity index (χ1n) is 3.79. The van der Waals surface area contributed by atoms with Crippen LogP contribution in [0.4, 0.5) is 0 Å². The topological polar surface area (TPSA) is 0 Å². The first-order valence-corrected chi connectivity index (χ1v) is 4.17. The van der Waals surface area contributed by atoms with Crippen LogP contribution in [0.25, 0.3) is 5.57 Å². The van der Waals surface area contributed by atoms with Gasteiger partial charge in [0.05, 0.1) is 0 Å². The molecule has 0 unspecified atom stereocenters. The summed E-state index contributed by atoms with van der Waals surface area (Å²) in [5.74, 6) is 0. The molecule has 0 aromatic heterocycles. The highest BCUT2D eigenvalue weighted by atomic mass is 35.5. The van der Waals surface area contributed by atoms with Gasteiger partial charge >= 0.3 is 0 Å². The summed E-state index contributed by atoms with van der Waals surface area (Å²) in [4.78, 5) is 0. The molecule has 1 heteroatoms. The molecule has 0 aliphatic carbocycles. The third-order valence-electron chi connectivity index (χ3n) is 1.65. The van der Waals surface area contributed by atoms with E-state index in [0.717, 1.165) is 10.6 Å². The minimum atomic E-state index is 0.768. The number of hydrogen-bond donors (Lipinski definition) is 0. The lowest BCUT2D eigenvalue weighted by Crippen LogP contribution is -1.77. The van der Waals surface area contributed by atoms with Gasteiger partial charge < -0.3 is 0 Å². The summed E-state index contributed by atoms with van der Waals surface area (Å²) in [6, 6.07) is 7.78. The van der Waals surface area contributed by atoms with Crippen molar-refractivity contribution in [2.75, 3.05) is 0 Å². The summed E-state index contributed by atoms with van der Waals surface area (Å²) in [7, 11) is 0. The van der Waals surface area contributed by atoms with Crippen LogP contribution in [0.15, 0.2) is 43.0 Å². The second-order valence-corrected chi connectivity index (χ2v) is 3.03. The average Bonchev–Trinajstić information content (AvgIpc) is 2.05. The predicted molar refractivity (Wildman–Crippen MR) is 55.3 cm³/mol. The first-order chi connectivity index (χ1) is 5.74. The van der Waals surface area contributed by atoms with E-state index >= 15 is 0 Å². The van der Waals surface area contributed by atoms with Gasteiger partial charge in [0.1, 0.15) is 0 Å². The van der Waals surface area contributed by atoms with Crippen LogP contribution in [0.1, 0.15) is 12.5 Å². The Balaban J connectivity index is 3.03. The molecule has 1 aromatic rings. The quantitative estimate of drug-likeness (QED) is 0.602. The molecule has 0 aliphatic rings. The van der Waals surface area contributed by atoms with Crippen LogP contribution in [0.2, 0.25) is 5.02 Å². The van der Waals surface area contributed by atoms with E-state index in [1.54, 1.807) is 6.08 Å². The Morgan fingerprint density at radius 1 is 1.50 bits per heavy atom. The van der Waals surface area contributed by atoms with E-state index < -0.39 is 0 Å². The summed E-state index contributed by atoms with van der Waals surface area (Å²) in [5.41, 5.74) is 2.31. The van der Waals surface area contributed by atoms with Crippen LogP contribution < -0.4 is 0 Å². The standard InChI is InChI=1S/C11H11Cl/c1-3-5-9(2)10-6-4-7-11(12)8-10/h3-8H,1H2,2H3. The molecule has 1 rings (SSSR count). The molecule has 0 aliphatic heterocycles. The van der Waals surface area contributed by atoms with Crippen molar-refractivity contribution in [2.24, 2.45) is 0 Å². The normalized spacial score (nSPS) is 11.3. The number of allylic oxidation sites excluding steroid dienone is 3. The largest absolute Gasteiger partial charge is 0.0991 e. The fourth-order valence-corrected chi connectivity index (χ4v) is 1.20. The lowest BCUT2D eigenvalue weighted by molar-refractivity contribution is 1.57. The van der Waals surface area contributed by atoms with Crippen LogP contribution >= 0.6 is 11.6 Å². The molecule has 0 nitrogen and oxygen atoms in total. The zero-order valence-corrected chi connectivity index (χ0v) is 7.81. The zero-order chi connectivity index (χ0) is 8.97. The number of hydrogen-bond acceptors (Lipinski definition) is 0. The Bertz CT molecular complexity index is 311. The second kappa shape index (κ2) is 4.13. The van der Waals surface area contributed by atoms with E-state index in [1.807, 2.05) is 37.3 Å². The molecule has 0 atom stereocenters. The van der Waals surface area contributed by atoms with Crippen molar-refractivity contribution in [1.29, 1.82) is 0 Å². The molecule has 0 radical (unpaired) electrons. The van der Waals surface area contributed by atoms with E-state index in [1.165, 1.54) is 5.57 Å². The van der Waals surface area contributed by atoms with Gasteiger partial charge in [-0.15, -0.1) is 0 Å². The second-order valence-electron chi connectivity index (χ2n) is 2.60. The molecule has 0 spiro atoms. The van der Waals surface area contributed by atoms with E-state index in [0.29, 0.717) is 0 Å². The molecule has 0 amide bonds. The molecule has 12 heavy (non-hydrogen) atoms. The fourth-order valence-electron chi connectivity index (χ4n) is 1.01. The van der Waals surface area contributed by atoms with Crippen molar-refractivity contribution >= 4 is 17.2 Å². The van der Waals surface area contributed by atoms with Crippen LogP contribution in [-0.4, -0.2) is 0 Å². The van der Waals surface area contributed by atoms with Crippen LogP contribution in [0, 0.1) is 0 Å². The Kier molecular flexibility index (Phi) is 3.12. The van der Waals surface area contributed by atoms with Gasteiger partial charge in [-0.3, -0.25) is 0 Å². The van der Waals surface area contributed by atoms with Gasteiger partial charge in [-0.25, -0.2) is 0 Å². The summed E-state index contributed by atoms with van der Waals surface area (Å²) in [6.45, 7) is 5.67. The lowest BCUT2D eigenvalue weighted by Gasteiger charge is -1.99. The van der Waals surface area contributed by atoms with Crippen molar-refractivity contribution < 1.29 is 0 Å². The van der Waals surface area contributed by atoms with Crippen molar-refractivity contribution in [2.45, 2.75) is 6.92 Å². The van der Waals surface area contributed by atoms with E-state index in [-0.39, 0.29) is 0 Å². The molecular weight excluding hydrogens is 168 g/mol. The predicted octanol–water partition coefficient (Wildman–Crippen LogP) is 3.93. The molecule has 0 bridgehead atoms. The molecule has 0 saturated heterocycles. The SMILES string of the molecule is C=CC=C(C)c1cccc(Cl)c1. The van der Waals surface area contributed by atoms with Gasteiger partial charge in [-0.2, -0.15) is 0 Å². The highest BCUT2D eigenvalue weighted by Crippen LogP contribution is 2.17. The van der Waals surface area contributed by atoms with Crippen LogP contribution in [0.3, 0.4) is 0 Å². The van der Waals surface area contributed by atoms with Crippen LogP contribution in [0.5, 0.6) is 0 Å². The van der Waals surface area contributed by atoms with Crippen molar-refractivity contribution in [1.82, 2.24) is 0 Å². The first kappa shape index (κ1) is 9.08. The Hall–Kier alpha value is -1.01. The maximum absolute atomic E-state index is 5.84. The molecule has 1 aromatic carbocycles. The van der Waals surface area contributed by atoms with Gasteiger partial charge in [0.15, 0.2) is 0 Å². The molecule has 0 saturated carbocycles. The van der Waals surface area contributed by atoms with E-state index in [9.17, 15) is 0 Å². The average molecular weight is 179 g/mol. The number of rotatable bonds is 2. The third-order valence-corrected chi connectivity index (χ3v) is 1.88. The maximum Gasteiger partial charge on any atom is 0.0412 e. The maximum atomic E-state index is 5.84. The molecular formula is C11H11Cl. The Labute approximate surface area is 78.2 Å². The Morgan fingerprint density at radius 3 is 2.83 bits per heavy atom. The third kappa shape index (κ3) is 2.24. The molecule has 0 fully saturated rings. The monoisotopic (exact) mass is 178 g/mol. The van der Waals surface area contributed by atoms with Crippen molar-refractivity contribution in [3.05, 3.63) is 53.6 Å². The highest BCUT2D eigenvalue weighted by molar-refractivity contribution is 6.30. The highest BCUT2D eigenvalue weighted by Gasteiger charge is 1.94. The minimum absolute atomic E-state index is 0.768. The van der Waals surface area contributed by atoms with Crippen molar-refractivity contribution in [3.63, 3.8) is 0 Å². The summed E-state index contributed by atoms with van der Waals surface area (Å²) in [6.07, 6.45) is 3.74. The van der Waals surface area contributed by atoms with Crippen molar-refractivity contribution in [3.8, 4) is 0 Å². The minimum Gasteiger partial charge on any atom is -0.0991 e. The van der Waals surface area contributed by atoms with E-state index in [4.69, 9.17) is 11.6 Å². The van der Waals surface area contributed by atoms with Gasteiger partial charge in [-0.1, -0.05) is 42.5 Å². The number of benzene rings is 1. The van der Waals surface area contributed by atoms with E-state index in [2.05, 4.69) is 6.58 Å². The van der Waals surface area contributed by atoms with Gasteiger partial charge in [0.25, 0.3) is 0 Å². The van der Waals surface area contributed by atoms with Gasteiger partial charge in [-0.05, 0) is 30.2 Å². The smallest absolute Gasteiger partial charge is 0.0412 e. The molecule has 0 heterocycles. The zero-order valence-electron chi connectivity index (χ0n) is 7.05. The van der Waals surface area contributed by atoms with Gasteiger partial charge in [0, 0.05) is 5.02 Å². The molecule has 62 valence electrons. The summed E-state index contributed by atoms with van der Waals surface area (Å²) >= 11 is 5.84. The lowest BCUT2D eigenvalue weighted by atomic mass is 10.1. The fraction of sp³-hybridized carbons (Fsp3) is 0.0909. The molecule has 0 N–H and O–H groups in total. The van der Waals surface area contributed by atoms with Gasteiger partial charge in [0.2, 0.25) is 0 Å². The summed E-state index contributed by atoms with van der Waals surface area (Å²) < 4.78 is 0.